The van der Waals surface area contributed by atoms with Crippen molar-refractivity contribution >= 4 is 69.0 Å². The summed E-state index contributed by atoms with van der Waals surface area (Å²) in [5.74, 6) is -1.55. The van der Waals surface area contributed by atoms with E-state index >= 15 is 0 Å². The third-order valence-electron chi connectivity index (χ3n) is 9.72. The molecule has 4 aromatic heterocycles. The van der Waals surface area contributed by atoms with Gasteiger partial charge in [-0.15, -0.1) is 45.3 Å². The average molecular weight is 739 g/mol. The minimum absolute atomic E-state index is 0.0102. The Bertz CT molecular complexity index is 1900. The first-order valence-electron chi connectivity index (χ1n) is 16.6. The van der Waals surface area contributed by atoms with Crippen LogP contribution in [0.3, 0.4) is 0 Å². The van der Waals surface area contributed by atoms with E-state index in [2.05, 4.69) is 15.3 Å². The Kier molecular flexibility index (Phi) is 9.02. The largest absolute Gasteiger partial charge is 0.476 e. The predicted molar refractivity (Wildman–Crippen MR) is 184 cm³/mol. The van der Waals surface area contributed by atoms with Gasteiger partial charge in [0, 0.05) is 41.2 Å². The number of likely N-dealkylation sites (tertiary alicyclic amines) is 3. The zero-order chi connectivity index (χ0) is 33.6. The van der Waals surface area contributed by atoms with Gasteiger partial charge in [0.1, 0.15) is 37.1 Å². The van der Waals surface area contributed by atoms with E-state index in [1.807, 2.05) is 10.3 Å². The molecule has 4 aromatic rings. The minimum Gasteiger partial charge on any atom is -0.476 e. The standard InChI is InChI=1S/C32H34N8O5S4/c41-29(18-13-46-25(34-18)17-5-1-9-33-17)38-10-2-6-22(38)26-35-19(14-47-26)30(42)39-11-3-7-23(39)27-36-20(15-48-27)31(43)40-12-4-8-24(40)28-37-21(16-49-28)32(44)45/h13-17,22-24,33H,1-12H2,(H,44,45)/t17-,22-,23-,24-/m0/s1. The number of amides is 3. The van der Waals surface area contributed by atoms with Crippen LogP contribution in [0.25, 0.3) is 0 Å². The number of rotatable bonds is 8. The number of aromatic carboxylic acids is 1. The van der Waals surface area contributed by atoms with E-state index in [4.69, 9.17) is 9.97 Å². The van der Waals surface area contributed by atoms with Crippen LogP contribution >= 0.6 is 45.3 Å². The topological polar surface area (TPSA) is 162 Å². The lowest BCUT2D eigenvalue weighted by Gasteiger charge is -2.23. The van der Waals surface area contributed by atoms with Crippen LogP contribution in [0.4, 0.5) is 0 Å². The van der Waals surface area contributed by atoms with E-state index in [0.717, 1.165) is 61.5 Å². The maximum absolute atomic E-state index is 13.9. The fourth-order valence-corrected chi connectivity index (χ4v) is 11.0. The van der Waals surface area contributed by atoms with Gasteiger partial charge in [-0.25, -0.2) is 24.7 Å². The average Bonchev–Trinajstić information content (AvgIpc) is 3.97. The second-order valence-electron chi connectivity index (χ2n) is 12.7. The highest BCUT2D eigenvalue weighted by Gasteiger charge is 2.39. The third kappa shape index (κ3) is 6.19. The van der Waals surface area contributed by atoms with E-state index in [9.17, 15) is 24.3 Å². The summed E-state index contributed by atoms with van der Waals surface area (Å²) < 4.78 is 0. The maximum atomic E-state index is 13.9. The van der Waals surface area contributed by atoms with Crippen molar-refractivity contribution in [3.8, 4) is 0 Å². The van der Waals surface area contributed by atoms with Crippen molar-refractivity contribution < 1.29 is 24.3 Å². The van der Waals surface area contributed by atoms with Gasteiger partial charge in [0.15, 0.2) is 5.69 Å². The second-order valence-corrected chi connectivity index (χ2v) is 16.3. The molecule has 256 valence electrons. The van der Waals surface area contributed by atoms with Crippen LogP contribution in [0.2, 0.25) is 0 Å². The first-order valence-corrected chi connectivity index (χ1v) is 20.1. The quantitative estimate of drug-likeness (QED) is 0.234. The van der Waals surface area contributed by atoms with Gasteiger partial charge in [0.25, 0.3) is 17.7 Å². The molecular formula is C32H34N8O5S4. The Morgan fingerprint density at radius 2 is 0.959 bits per heavy atom. The molecule has 8 rings (SSSR count). The molecule has 4 aliphatic rings. The van der Waals surface area contributed by atoms with Gasteiger partial charge in [-0.1, -0.05) is 0 Å². The number of carboxylic acid groups (broad SMARTS) is 1. The summed E-state index contributed by atoms with van der Waals surface area (Å²) in [6.45, 7) is 2.72. The van der Waals surface area contributed by atoms with Crippen LogP contribution in [0.15, 0.2) is 21.5 Å². The zero-order valence-corrected chi connectivity index (χ0v) is 29.7. The molecule has 2 N–H and O–H groups in total. The Morgan fingerprint density at radius 3 is 1.35 bits per heavy atom. The number of carboxylic acids is 1. The summed E-state index contributed by atoms with van der Waals surface area (Å²) in [5.41, 5.74) is 1.16. The Labute approximate surface area is 298 Å². The van der Waals surface area contributed by atoms with Crippen molar-refractivity contribution in [2.75, 3.05) is 26.2 Å². The fourth-order valence-electron chi connectivity index (χ4n) is 7.30. The smallest absolute Gasteiger partial charge is 0.355 e. The minimum atomic E-state index is -1.08. The summed E-state index contributed by atoms with van der Waals surface area (Å²) in [4.78, 5) is 76.2. The molecule has 4 atom stereocenters. The summed E-state index contributed by atoms with van der Waals surface area (Å²) in [7, 11) is 0. The lowest BCUT2D eigenvalue weighted by molar-refractivity contribution is 0.0687. The van der Waals surface area contributed by atoms with Crippen LogP contribution in [-0.4, -0.2) is 89.6 Å². The highest BCUT2D eigenvalue weighted by Crippen LogP contribution is 2.39. The second kappa shape index (κ2) is 13.6. The van der Waals surface area contributed by atoms with Crippen molar-refractivity contribution in [1.82, 2.24) is 40.0 Å². The number of carbonyl (C=O) groups is 4. The highest BCUT2D eigenvalue weighted by molar-refractivity contribution is 7.10. The molecule has 0 spiro atoms. The monoisotopic (exact) mass is 738 g/mol. The lowest BCUT2D eigenvalue weighted by Crippen LogP contribution is -2.32. The molecule has 4 saturated heterocycles. The van der Waals surface area contributed by atoms with Gasteiger partial charge < -0.3 is 25.1 Å². The maximum Gasteiger partial charge on any atom is 0.355 e. The van der Waals surface area contributed by atoms with Crippen LogP contribution in [0, 0.1) is 0 Å². The summed E-state index contributed by atoms with van der Waals surface area (Å²) in [6, 6.07) is -0.501. The molecule has 0 unspecified atom stereocenters. The molecule has 0 radical (unpaired) electrons. The normalized spacial score (nSPS) is 24.0. The number of thiazole rings is 4. The molecule has 3 amide bonds. The highest BCUT2D eigenvalue weighted by atomic mass is 32.1. The Balaban J connectivity index is 0.942. The van der Waals surface area contributed by atoms with Gasteiger partial charge in [0.05, 0.1) is 24.2 Å². The van der Waals surface area contributed by atoms with E-state index in [1.165, 1.54) is 50.7 Å². The summed E-state index contributed by atoms with van der Waals surface area (Å²) >= 11 is 5.58. The Hall–Kier alpha value is -3.64. The van der Waals surface area contributed by atoms with Crippen LogP contribution in [0.5, 0.6) is 0 Å². The van der Waals surface area contributed by atoms with Gasteiger partial charge in [0.2, 0.25) is 0 Å². The molecule has 0 aromatic carbocycles. The number of carbonyl (C=O) groups excluding carboxylic acids is 3. The molecule has 0 aliphatic carbocycles. The molecule has 4 fully saturated rings. The SMILES string of the molecule is O=C(O)c1csc([C@@H]2CCCN2C(=O)c2csc([C@@H]3CCCN3C(=O)c3csc([C@@H]4CCCN4C(=O)c4csc([C@@H]5CCCN5)n4)n3)n2)n1. The third-order valence-corrected chi connectivity index (χ3v) is 13.5. The first-order chi connectivity index (χ1) is 23.9. The molecule has 4 aliphatic heterocycles. The van der Waals surface area contributed by atoms with Crippen molar-refractivity contribution in [3.05, 3.63) is 64.3 Å². The van der Waals surface area contributed by atoms with E-state index in [1.54, 1.807) is 20.6 Å². The van der Waals surface area contributed by atoms with Crippen molar-refractivity contribution in [1.29, 1.82) is 0 Å². The van der Waals surface area contributed by atoms with Gasteiger partial charge in [-0.05, 0) is 57.9 Å². The number of aromatic nitrogens is 4. The number of nitrogens with one attached hydrogen (secondary N) is 1. The fraction of sp³-hybridized carbons (Fsp3) is 0.500. The molecular weight excluding hydrogens is 705 g/mol. The van der Waals surface area contributed by atoms with Crippen LogP contribution in [0.1, 0.15) is 138 Å². The Morgan fingerprint density at radius 1 is 0.571 bits per heavy atom. The zero-order valence-electron chi connectivity index (χ0n) is 26.4. The number of nitrogens with zero attached hydrogens (tertiary/aromatic N) is 7. The summed E-state index contributed by atoms with van der Waals surface area (Å²) in [5, 5.41) is 22.7. The van der Waals surface area contributed by atoms with Crippen molar-refractivity contribution in [2.45, 2.75) is 75.5 Å². The predicted octanol–water partition coefficient (Wildman–Crippen LogP) is 5.57. The number of hydrogen-bond donors (Lipinski definition) is 2. The molecule has 0 bridgehead atoms. The van der Waals surface area contributed by atoms with Crippen molar-refractivity contribution in [3.63, 3.8) is 0 Å². The summed E-state index contributed by atoms with van der Waals surface area (Å²) in [6.07, 6.45) is 6.88. The van der Waals surface area contributed by atoms with Gasteiger partial charge in [-0.3, -0.25) is 14.4 Å². The molecule has 8 heterocycles. The van der Waals surface area contributed by atoms with Crippen LogP contribution in [-0.2, 0) is 0 Å². The van der Waals surface area contributed by atoms with E-state index in [-0.39, 0.29) is 47.6 Å². The van der Waals surface area contributed by atoms with Gasteiger partial charge >= 0.3 is 5.97 Å². The van der Waals surface area contributed by atoms with Crippen molar-refractivity contribution in [2.24, 2.45) is 0 Å². The number of hydrogen-bond acceptors (Lipinski definition) is 13. The van der Waals surface area contributed by atoms with E-state index < -0.39 is 5.97 Å². The molecule has 49 heavy (non-hydrogen) atoms. The molecule has 0 saturated carbocycles. The first kappa shape index (κ1) is 32.6. The van der Waals surface area contributed by atoms with E-state index in [0.29, 0.717) is 53.2 Å². The molecule has 17 heteroatoms. The van der Waals surface area contributed by atoms with Crippen LogP contribution < -0.4 is 5.32 Å². The van der Waals surface area contributed by atoms with Gasteiger partial charge in [-0.2, -0.15) is 0 Å². The lowest BCUT2D eigenvalue weighted by atomic mass is 10.2. The molecule has 13 nitrogen and oxygen atoms in total.